The molecule has 7 heteroatoms. The number of isocyanates is 2. The summed E-state index contributed by atoms with van der Waals surface area (Å²) in [4.78, 5) is 27.9. The van der Waals surface area contributed by atoms with Gasteiger partial charge in [-0.25, -0.2) is 28.0 Å². The zero-order valence-electron chi connectivity index (χ0n) is 11.9. The third kappa shape index (κ3) is 3.88. The van der Waals surface area contributed by atoms with E-state index in [1.165, 1.54) is 0 Å². The maximum absolute atomic E-state index is 12.7. The highest BCUT2D eigenvalue weighted by Crippen LogP contribution is 2.33. The SMILES string of the molecule is O=C=NC1CCC(S(=O)(=O)C2CCC(N=C=O)CC2)CC1. The van der Waals surface area contributed by atoms with E-state index in [0.717, 1.165) is 0 Å². The van der Waals surface area contributed by atoms with Crippen LogP contribution in [0, 0.1) is 0 Å². The van der Waals surface area contributed by atoms with E-state index in [2.05, 4.69) is 9.98 Å². The van der Waals surface area contributed by atoms with Crippen molar-refractivity contribution in [2.75, 3.05) is 0 Å². The van der Waals surface area contributed by atoms with Gasteiger partial charge in [-0.05, 0) is 51.4 Å². The average Bonchev–Trinajstić information content (AvgIpc) is 2.49. The van der Waals surface area contributed by atoms with Crippen molar-refractivity contribution in [3.05, 3.63) is 0 Å². The highest BCUT2D eigenvalue weighted by molar-refractivity contribution is 7.92. The summed E-state index contributed by atoms with van der Waals surface area (Å²) in [7, 11) is -3.14. The van der Waals surface area contributed by atoms with Crippen LogP contribution in [0.5, 0.6) is 0 Å². The van der Waals surface area contributed by atoms with Gasteiger partial charge in [-0.15, -0.1) is 0 Å². The lowest BCUT2D eigenvalue weighted by atomic mass is 9.95. The van der Waals surface area contributed by atoms with E-state index < -0.39 is 9.84 Å². The minimum atomic E-state index is -3.14. The van der Waals surface area contributed by atoms with Gasteiger partial charge < -0.3 is 0 Å². The number of hydrogen-bond acceptors (Lipinski definition) is 6. The standard InChI is InChI=1S/C14H20N2O4S/c17-9-15-11-1-5-13(6-2-11)21(19,20)14-7-3-12(4-8-14)16-10-18/h11-14H,1-8H2. The monoisotopic (exact) mass is 312 g/mol. The smallest absolute Gasteiger partial charge is 0.228 e. The fourth-order valence-corrected chi connectivity index (χ4v) is 5.83. The molecule has 0 aromatic rings. The molecule has 2 aliphatic carbocycles. The van der Waals surface area contributed by atoms with Crippen LogP contribution in [-0.2, 0) is 19.4 Å². The molecule has 2 aliphatic rings. The van der Waals surface area contributed by atoms with Gasteiger partial charge in [0, 0.05) is 0 Å². The van der Waals surface area contributed by atoms with Crippen molar-refractivity contribution in [3.63, 3.8) is 0 Å². The molecule has 0 aromatic carbocycles. The average molecular weight is 312 g/mol. The highest BCUT2D eigenvalue weighted by Gasteiger charge is 2.38. The van der Waals surface area contributed by atoms with Crippen LogP contribution < -0.4 is 0 Å². The molecule has 0 unspecified atom stereocenters. The Labute approximate surface area is 124 Å². The molecule has 2 saturated carbocycles. The summed E-state index contributed by atoms with van der Waals surface area (Å²) in [6.45, 7) is 0. The van der Waals surface area contributed by atoms with E-state index >= 15 is 0 Å². The second-order valence-corrected chi connectivity index (χ2v) is 8.40. The molecule has 0 amide bonds. The number of hydrogen-bond donors (Lipinski definition) is 0. The van der Waals surface area contributed by atoms with Crippen molar-refractivity contribution in [2.45, 2.75) is 74.0 Å². The first-order valence-electron chi connectivity index (χ1n) is 7.44. The molecule has 0 radical (unpaired) electrons. The van der Waals surface area contributed by atoms with Crippen LogP contribution in [0.15, 0.2) is 9.98 Å². The number of rotatable bonds is 4. The Morgan fingerprint density at radius 2 is 1.00 bits per heavy atom. The Morgan fingerprint density at radius 1 is 0.667 bits per heavy atom. The van der Waals surface area contributed by atoms with E-state index in [-0.39, 0.29) is 22.6 Å². The fraction of sp³-hybridized carbons (Fsp3) is 0.857. The van der Waals surface area contributed by atoms with Gasteiger partial charge in [0.1, 0.15) is 0 Å². The van der Waals surface area contributed by atoms with Crippen molar-refractivity contribution < 1.29 is 18.0 Å². The molecule has 0 bridgehead atoms. The quantitative estimate of drug-likeness (QED) is 0.583. The predicted molar refractivity (Wildman–Crippen MR) is 77.3 cm³/mol. The molecule has 21 heavy (non-hydrogen) atoms. The topological polar surface area (TPSA) is 93.0 Å². The van der Waals surface area contributed by atoms with Crippen LogP contribution >= 0.6 is 0 Å². The lowest BCUT2D eigenvalue weighted by Crippen LogP contribution is -2.38. The van der Waals surface area contributed by atoms with Gasteiger partial charge >= 0.3 is 0 Å². The Bertz CT molecular complexity index is 502. The minimum Gasteiger partial charge on any atom is -0.228 e. The largest absolute Gasteiger partial charge is 0.235 e. The van der Waals surface area contributed by atoms with Crippen molar-refractivity contribution >= 4 is 22.0 Å². The second kappa shape index (κ2) is 7.12. The van der Waals surface area contributed by atoms with E-state index in [4.69, 9.17) is 0 Å². The normalized spacial score (nSPS) is 33.5. The number of sulfone groups is 1. The highest BCUT2D eigenvalue weighted by atomic mass is 32.2. The van der Waals surface area contributed by atoms with Crippen molar-refractivity contribution in [1.82, 2.24) is 0 Å². The lowest BCUT2D eigenvalue weighted by Gasteiger charge is -2.32. The summed E-state index contributed by atoms with van der Waals surface area (Å²) in [5.74, 6) is 0. The van der Waals surface area contributed by atoms with E-state index in [0.29, 0.717) is 51.4 Å². The molecule has 0 atom stereocenters. The maximum atomic E-state index is 12.7. The number of nitrogens with zero attached hydrogens (tertiary/aromatic N) is 2. The van der Waals surface area contributed by atoms with Gasteiger partial charge in [-0.3, -0.25) is 0 Å². The van der Waals surface area contributed by atoms with Crippen molar-refractivity contribution in [3.8, 4) is 0 Å². The summed E-state index contributed by atoms with van der Waals surface area (Å²) in [5.41, 5.74) is 0. The maximum Gasteiger partial charge on any atom is 0.235 e. The molecule has 0 aromatic heterocycles. The summed E-state index contributed by atoms with van der Waals surface area (Å²) in [6, 6.07) is -0.127. The first kappa shape index (κ1) is 16.1. The number of aliphatic imine (C=N–C) groups is 2. The summed E-state index contributed by atoms with van der Waals surface area (Å²) in [5, 5.41) is -0.626. The molecule has 6 nitrogen and oxygen atoms in total. The molecule has 0 aliphatic heterocycles. The van der Waals surface area contributed by atoms with Crippen LogP contribution in [0.1, 0.15) is 51.4 Å². The zero-order valence-corrected chi connectivity index (χ0v) is 12.7. The Kier molecular flexibility index (Phi) is 5.45. The number of carbonyl (C=O) groups excluding carboxylic acids is 2. The molecule has 2 fully saturated rings. The van der Waals surface area contributed by atoms with Crippen molar-refractivity contribution in [2.24, 2.45) is 9.98 Å². The first-order chi connectivity index (χ1) is 10.1. The van der Waals surface area contributed by atoms with Crippen LogP contribution in [-0.4, -0.2) is 43.2 Å². The fourth-order valence-electron chi connectivity index (χ4n) is 3.43. The van der Waals surface area contributed by atoms with Gasteiger partial charge in [0.2, 0.25) is 12.2 Å². The van der Waals surface area contributed by atoms with Gasteiger partial charge in [-0.2, -0.15) is 0 Å². The third-order valence-electron chi connectivity index (χ3n) is 4.69. The Hall–Kier alpha value is -1.29. The summed E-state index contributed by atoms with van der Waals surface area (Å²) < 4.78 is 25.3. The molecular formula is C14H20N2O4S. The van der Waals surface area contributed by atoms with Gasteiger partial charge in [0.05, 0.1) is 22.6 Å². The Morgan fingerprint density at radius 3 is 1.29 bits per heavy atom. The molecule has 0 spiro atoms. The van der Waals surface area contributed by atoms with Gasteiger partial charge in [-0.1, -0.05) is 0 Å². The zero-order chi connectivity index (χ0) is 15.3. The minimum absolute atomic E-state index is 0.0633. The summed E-state index contributed by atoms with van der Waals surface area (Å²) >= 11 is 0. The van der Waals surface area contributed by atoms with Gasteiger partial charge in [0.15, 0.2) is 9.84 Å². The molecule has 0 heterocycles. The molecule has 116 valence electrons. The van der Waals surface area contributed by atoms with E-state index in [1.807, 2.05) is 0 Å². The van der Waals surface area contributed by atoms with Gasteiger partial charge in [0.25, 0.3) is 0 Å². The Balaban J connectivity index is 1.94. The second-order valence-electron chi connectivity index (χ2n) is 5.89. The molecule has 2 rings (SSSR count). The first-order valence-corrected chi connectivity index (χ1v) is 9.05. The van der Waals surface area contributed by atoms with Crippen LogP contribution in [0.4, 0.5) is 0 Å². The van der Waals surface area contributed by atoms with E-state index in [9.17, 15) is 18.0 Å². The molecular weight excluding hydrogens is 292 g/mol. The van der Waals surface area contributed by atoms with Crippen molar-refractivity contribution in [1.29, 1.82) is 0 Å². The third-order valence-corrected chi connectivity index (χ3v) is 7.49. The van der Waals surface area contributed by atoms with E-state index in [1.54, 1.807) is 12.2 Å². The van der Waals surface area contributed by atoms with Crippen LogP contribution in [0.25, 0.3) is 0 Å². The molecule has 0 N–H and O–H groups in total. The lowest BCUT2D eigenvalue weighted by molar-refractivity contribution is 0.406. The van der Waals surface area contributed by atoms with Crippen LogP contribution in [0.3, 0.4) is 0 Å². The molecule has 0 saturated heterocycles. The van der Waals surface area contributed by atoms with Crippen LogP contribution in [0.2, 0.25) is 0 Å². The predicted octanol–water partition coefficient (Wildman–Crippen LogP) is 1.70. The summed E-state index contributed by atoms with van der Waals surface area (Å²) in [6.07, 6.45) is 7.98.